The number of hydrogen-bond acceptors (Lipinski definition) is 3. The van der Waals surface area contributed by atoms with Crippen LogP contribution in [0.25, 0.3) is 0 Å². The lowest BCUT2D eigenvalue weighted by molar-refractivity contribution is -0.116. The van der Waals surface area contributed by atoms with E-state index in [1.165, 1.54) is 11.1 Å². The maximum absolute atomic E-state index is 12.1. The summed E-state index contributed by atoms with van der Waals surface area (Å²) < 4.78 is 4.96. The van der Waals surface area contributed by atoms with Crippen molar-refractivity contribution in [2.45, 2.75) is 33.6 Å². The SMILES string of the molecule is CCOC(=O)c1cccc(NC(=O)CCc2ccc(C)c(C)c2)c1. The second-order valence-electron chi connectivity index (χ2n) is 5.77. The molecular weight excluding hydrogens is 302 g/mol. The summed E-state index contributed by atoms with van der Waals surface area (Å²) in [7, 11) is 0. The Hall–Kier alpha value is -2.62. The van der Waals surface area contributed by atoms with E-state index in [0.29, 0.717) is 30.7 Å². The lowest BCUT2D eigenvalue weighted by Crippen LogP contribution is -2.13. The van der Waals surface area contributed by atoms with Gasteiger partial charge in [-0.1, -0.05) is 24.3 Å². The highest BCUT2D eigenvalue weighted by molar-refractivity contribution is 5.94. The molecule has 0 aliphatic carbocycles. The summed E-state index contributed by atoms with van der Waals surface area (Å²) in [4.78, 5) is 23.8. The van der Waals surface area contributed by atoms with Gasteiger partial charge in [0, 0.05) is 12.1 Å². The van der Waals surface area contributed by atoms with Gasteiger partial charge in [0.25, 0.3) is 0 Å². The number of aryl methyl sites for hydroxylation is 3. The van der Waals surface area contributed by atoms with E-state index in [9.17, 15) is 9.59 Å². The Morgan fingerprint density at radius 3 is 2.54 bits per heavy atom. The van der Waals surface area contributed by atoms with Crippen LogP contribution < -0.4 is 5.32 Å². The molecule has 1 amide bonds. The monoisotopic (exact) mass is 325 g/mol. The molecule has 0 aliphatic rings. The van der Waals surface area contributed by atoms with E-state index in [-0.39, 0.29) is 11.9 Å². The summed E-state index contributed by atoms with van der Waals surface area (Å²) in [6, 6.07) is 13.0. The quantitative estimate of drug-likeness (QED) is 0.815. The molecule has 24 heavy (non-hydrogen) atoms. The number of benzene rings is 2. The van der Waals surface area contributed by atoms with Crippen molar-refractivity contribution in [1.82, 2.24) is 0 Å². The highest BCUT2D eigenvalue weighted by atomic mass is 16.5. The Labute approximate surface area is 142 Å². The first-order valence-electron chi connectivity index (χ1n) is 8.12. The molecule has 0 bridgehead atoms. The van der Waals surface area contributed by atoms with Gasteiger partial charge in [-0.05, 0) is 62.1 Å². The minimum absolute atomic E-state index is 0.0748. The molecule has 0 atom stereocenters. The number of esters is 1. The minimum Gasteiger partial charge on any atom is -0.462 e. The second-order valence-corrected chi connectivity index (χ2v) is 5.77. The fourth-order valence-electron chi connectivity index (χ4n) is 2.38. The fraction of sp³-hybridized carbons (Fsp3) is 0.300. The highest BCUT2D eigenvalue weighted by Gasteiger charge is 2.09. The molecule has 1 N–H and O–H groups in total. The van der Waals surface area contributed by atoms with E-state index in [1.54, 1.807) is 31.2 Å². The van der Waals surface area contributed by atoms with E-state index in [4.69, 9.17) is 4.74 Å². The van der Waals surface area contributed by atoms with Crippen molar-refractivity contribution in [1.29, 1.82) is 0 Å². The van der Waals surface area contributed by atoms with Crippen LogP contribution in [0.5, 0.6) is 0 Å². The van der Waals surface area contributed by atoms with E-state index in [0.717, 1.165) is 5.56 Å². The van der Waals surface area contributed by atoms with E-state index in [2.05, 4.69) is 37.4 Å². The molecule has 2 rings (SSSR count). The zero-order chi connectivity index (χ0) is 17.5. The number of amides is 1. The summed E-state index contributed by atoms with van der Waals surface area (Å²) in [5, 5.41) is 2.83. The number of hydrogen-bond donors (Lipinski definition) is 1. The number of ether oxygens (including phenoxy) is 1. The van der Waals surface area contributed by atoms with E-state index < -0.39 is 0 Å². The fourth-order valence-corrected chi connectivity index (χ4v) is 2.38. The second kappa shape index (κ2) is 8.29. The molecule has 0 aromatic heterocycles. The Balaban J connectivity index is 1.93. The van der Waals surface area contributed by atoms with Crippen LogP contribution >= 0.6 is 0 Å². The third-order valence-electron chi connectivity index (χ3n) is 3.87. The molecule has 2 aromatic rings. The Morgan fingerprint density at radius 1 is 1.04 bits per heavy atom. The number of nitrogens with one attached hydrogen (secondary N) is 1. The standard InChI is InChI=1S/C20H23NO3/c1-4-24-20(23)17-6-5-7-18(13-17)21-19(22)11-10-16-9-8-14(2)15(3)12-16/h5-9,12-13H,4,10-11H2,1-3H3,(H,21,22). The topological polar surface area (TPSA) is 55.4 Å². The Kier molecular flexibility index (Phi) is 6.13. The Bertz CT molecular complexity index is 737. The highest BCUT2D eigenvalue weighted by Crippen LogP contribution is 2.14. The predicted molar refractivity (Wildman–Crippen MR) is 95.3 cm³/mol. The molecule has 0 aliphatic heterocycles. The molecule has 0 saturated heterocycles. The van der Waals surface area contributed by atoms with Gasteiger partial charge < -0.3 is 10.1 Å². The first-order chi connectivity index (χ1) is 11.5. The molecule has 0 saturated carbocycles. The Morgan fingerprint density at radius 2 is 1.83 bits per heavy atom. The minimum atomic E-state index is -0.385. The van der Waals surface area contributed by atoms with Crippen LogP contribution in [0.2, 0.25) is 0 Å². The van der Waals surface area contributed by atoms with E-state index >= 15 is 0 Å². The third-order valence-corrected chi connectivity index (χ3v) is 3.87. The zero-order valence-corrected chi connectivity index (χ0v) is 14.4. The van der Waals surface area contributed by atoms with E-state index in [1.807, 2.05) is 0 Å². The maximum atomic E-state index is 12.1. The molecular formula is C20H23NO3. The van der Waals surface area contributed by atoms with Gasteiger partial charge in [0.05, 0.1) is 12.2 Å². The van der Waals surface area contributed by atoms with Crippen molar-refractivity contribution >= 4 is 17.6 Å². The predicted octanol–water partition coefficient (Wildman–Crippen LogP) is 4.05. The first kappa shape index (κ1) is 17.7. The van der Waals surface area contributed by atoms with Gasteiger partial charge in [-0.3, -0.25) is 4.79 Å². The number of rotatable bonds is 6. The van der Waals surface area contributed by atoms with Gasteiger partial charge in [0.15, 0.2) is 0 Å². The lowest BCUT2D eigenvalue weighted by atomic mass is 10.0. The molecule has 4 heteroatoms. The van der Waals surface area contributed by atoms with Crippen molar-refractivity contribution in [2.75, 3.05) is 11.9 Å². The van der Waals surface area contributed by atoms with Crippen LogP contribution in [0.15, 0.2) is 42.5 Å². The smallest absolute Gasteiger partial charge is 0.338 e. The van der Waals surface area contributed by atoms with Crippen LogP contribution in [-0.2, 0) is 16.0 Å². The van der Waals surface area contributed by atoms with Gasteiger partial charge >= 0.3 is 5.97 Å². The molecule has 0 unspecified atom stereocenters. The largest absolute Gasteiger partial charge is 0.462 e. The summed E-state index contributed by atoms with van der Waals surface area (Å²) in [6.07, 6.45) is 1.08. The molecule has 0 fully saturated rings. The van der Waals surface area contributed by atoms with Crippen molar-refractivity contribution in [3.05, 3.63) is 64.7 Å². The molecule has 2 aromatic carbocycles. The van der Waals surface area contributed by atoms with Crippen LogP contribution in [0.1, 0.15) is 40.4 Å². The average Bonchev–Trinajstić information content (AvgIpc) is 2.56. The van der Waals surface area contributed by atoms with Gasteiger partial charge in [-0.15, -0.1) is 0 Å². The summed E-state index contributed by atoms with van der Waals surface area (Å²) in [5.41, 5.74) is 4.66. The number of carbonyl (C=O) groups is 2. The maximum Gasteiger partial charge on any atom is 0.338 e. The summed E-state index contributed by atoms with van der Waals surface area (Å²) >= 11 is 0. The summed E-state index contributed by atoms with van der Waals surface area (Å²) in [5.74, 6) is -0.460. The van der Waals surface area contributed by atoms with Gasteiger partial charge in [0.1, 0.15) is 0 Å². The van der Waals surface area contributed by atoms with Gasteiger partial charge in [0.2, 0.25) is 5.91 Å². The first-order valence-corrected chi connectivity index (χ1v) is 8.12. The average molecular weight is 325 g/mol. The molecule has 4 nitrogen and oxygen atoms in total. The van der Waals surface area contributed by atoms with Crippen molar-refractivity contribution < 1.29 is 14.3 Å². The van der Waals surface area contributed by atoms with Crippen LogP contribution in [0.3, 0.4) is 0 Å². The van der Waals surface area contributed by atoms with Crippen LogP contribution in [0.4, 0.5) is 5.69 Å². The molecule has 0 radical (unpaired) electrons. The van der Waals surface area contributed by atoms with Crippen molar-refractivity contribution in [3.8, 4) is 0 Å². The molecule has 126 valence electrons. The van der Waals surface area contributed by atoms with Crippen LogP contribution in [-0.4, -0.2) is 18.5 Å². The van der Waals surface area contributed by atoms with Crippen molar-refractivity contribution in [3.63, 3.8) is 0 Å². The number of anilines is 1. The van der Waals surface area contributed by atoms with Crippen LogP contribution in [0, 0.1) is 13.8 Å². The molecule has 0 heterocycles. The van der Waals surface area contributed by atoms with Crippen molar-refractivity contribution in [2.24, 2.45) is 0 Å². The molecule has 0 spiro atoms. The summed E-state index contributed by atoms with van der Waals surface area (Å²) in [6.45, 7) is 6.23. The normalized spacial score (nSPS) is 10.3. The lowest BCUT2D eigenvalue weighted by Gasteiger charge is -2.08. The van der Waals surface area contributed by atoms with Gasteiger partial charge in [-0.25, -0.2) is 4.79 Å². The number of carbonyl (C=O) groups excluding carboxylic acids is 2. The zero-order valence-electron chi connectivity index (χ0n) is 14.4. The third kappa shape index (κ3) is 4.95. The van der Waals surface area contributed by atoms with Gasteiger partial charge in [-0.2, -0.15) is 0 Å².